The summed E-state index contributed by atoms with van der Waals surface area (Å²) in [7, 11) is 1.94. The summed E-state index contributed by atoms with van der Waals surface area (Å²) in [6.45, 7) is 4.03. The molecule has 1 fully saturated rings. The van der Waals surface area contributed by atoms with E-state index in [4.69, 9.17) is 0 Å². The van der Waals surface area contributed by atoms with Crippen LogP contribution in [0, 0.1) is 0 Å². The number of likely N-dealkylation sites (N-methyl/N-ethyl adjacent to an activating group) is 1. The van der Waals surface area contributed by atoms with E-state index in [1.165, 1.54) is 11.1 Å². The summed E-state index contributed by atoms with van der Waals surface area (Å²) in [4.78, 5) is 31.6. The van der Waals surface area contributed by atoms with E-state index in [9.17, 15) is 9.59 Å². The van der Waals surface area contributed by atoms with Gasteiger partial charge >= 0.3 is 0 Å². The van der Waals surface area contributed by atoms with Crippen LogP contribution in [0.25, 0.3) is 0 Å². The van der Waals surface area contributed by atoms with Crippen molar-refractivity contribution in [3.8, 4) is 0 Å². The van der Waals surface area contributed by atoms with Gasteiger partial charge in [0.2, 0.25) is 11.8 Å². The van der Waals surface area contributed by atoms with Crippen LogP contribution in [-0.2, 0) is 16.0 Å². The van der Waals surface area contributed by atoms with Crippen LogP contribution < -0.4 is 5.32 Å². The zero-order valence-corrected chi connectivity index (χ0v) is 18.3. The topological polar surface area (TPSA) is 55.9 Å². The maximum atomic E-state index is 13.0. The highest BCUT2D eigenvalue weighted by molar-refractivity contribution is 5.92. The van der Waals surface area contributed by atoms with E-state index < -0.39 is 0 Å². The molecular formula is C25H32N4O2. The Kier molecular flexibility index (Phi) is 6.99. The molecule has 1 aliphatic heterocycles. The molecule has 164 valence electrons. The molecule has 0 aromatic heterocycles. The SMILES string of the molecule is CN(C(=O)CN1CCN(CC(=O)Nc2ccccc2)CC1)C1CCCc2ccccc21. The van der Waals surface area contributed by atoms with Crippen molar-refractivity contribution in [1.29, 1.82) is 0 Å². The van der Waals surface area contributed by atoms with E-state index in [0.717, 1.165) is 51.1 Å². The van der Waals surface area contributed by atoms with Crippen molar-refractivity contribution in [2.45, 2.75) is 25.3 Å². The van der Waals surface area contributed by atoms with E-state index >= 15 is 0 Å². The van der Waals surface area contributed by atoms with Gasteiger partial charge in [-0.2, -0.15) is 0 Å². The fourth-order valence-electron chi connectivity index (χ4n) is 4.64. The average molecular weight is 421 g/mol. The molecule has 1 aliphatic carbocycles. The smallest absolute Gasteiger partial charge is 0.238 e. The molecule has 0 spiro atoms. The van der Waals surface area contributed by atoms with Gasteiger partial charge in [-0.15, -0.1) is 0 Å². The minimum absolute atomic E-state index is 0.00595. The maximum absolute atomic E-state index is 13.0. The largest absolute Gasteiger partial charge is 0.338 e. The number of benzene rings is 2. The van der Waals surface area contributed by atoms with E-state index in [2.05, 4.69) is 39.4 Å². The number of anilines is 1. The summed E-state index contributed by atoms with van der Waals surface area (Å²) in [5, 5.41) is 2.94. The first-order valence-corrected chi connectivity index (χ1v) is 11.2. The number of aryl methyl sites for hydroxylation is 1. The quantitative estimate of drug-likeness (QED) is 0.781. The fraction of sp³-hybridized carbons (Fsp3) is 0.440. The number of nitrogens with one attached hydrogen (secondary N) is 1. The second-order valence-corrected chi connectivity index (χ2v) is 8.58. The van der Waals surface area contributed by atoms with Crippen LogP contribution in [0.4, 0.5) is 5.69 Å². The normalized spacial score (nSPS) is 19.5. The van der Waals surface area contributed by atoms with E-state index in [-0.39, 0.29) is 17.9 Å². The Balaban J connectivity index is 1.23. The summed E-state index contributed by atoms with van der Waals surface area (Å²) in [6.07, 6.45) is 3.26. The summed E-state index contributed by atoms with van der Waals surface area (Å²) in [6, 6.07) is 18.2. The van der Waals surface area contributed by atoms with Crippen molar-refractivity contribution < 1.29 is 9.59 Å². The third kappa shape index (κ3) is 5.51. The third-order valence-corrected chi connectivity index (χ3v) is 6.45. The molecule has 1 N–H and O–H groups in total. The molecule has 1 atom stereocenters. The Morgan fingerprint density at radius 1 is 0.935 bits per heavy atom. The van der Waals surface area contributed by atoms with Crippen molar-refractivity contribution in [3.05, 3.63) is 65.7 Å². The van der Waals surface area contributed by atoms with Crippen LogP contribution in [0.1, 0.15) is 30.0 Å². The number of nitrogens with zero attached hydrogens (tertiary/aromatic N) is 3. The lowest BCUT2D eigenvalue weighted by Crippen LogP contribution is -2.51. The molecule has 1 heterocycles. The predicted octanol–water partition coefficient (Wildman–Crippen LogP) is 2.78. The van der Waals surface area contributed by atoms with Crippen molar-refractivity contribution in [1.82, 2.24) is 14.7 Å². The number of piperazine rings is 1. The number of carbonyl (C=O) groups excluding carboxylic acids is 2. The molecule has 6 nitrogen and oxygen atoms in total. The summed E-state index contributed by atoms with van der Waals surface area (Å²) in [5.41, 5.74) is 3.50. The van der Waals surface area contributed by atoms with Gasteiger partial charge in [0.25, 0.3) is 0 Å². The molecule has 0 radical (unpaired) electrons. The van der Waals surface area contributed by atoms with Crippen molar-refractivity contribution in [2.75, 3.05) is 51.6 Å². The van der Waals surface area contributed by atoms with Crippen LogP contribution in [0.2, 0.25) is 0 Å². The highest BCUT2D eigenvalue weighted by Crippen LogP contribution is 2.33. The van der Waals surface area contributed by atoms with Crippen LogP contribution in [0.5, 0.6) is 0 Å². The predicted molar refractivity (Wildman–Crippen MR) is 123 cm³/mol. The highest BCUT2D eigenvalue weighted by atomic mass is 16.2. The van der Waals surface area contributed by atoms with Crippen molar-refractivity contribution in [2.24, 2.45) is 0 Å². The van der Waals surface area contributed by atoms with Gasteiger partial charge < -0.3 is 10.2 Å². The highest BCUT2D eigenvalue weighted by Gasteiger charge is 2.28. The number of amides is 2. The lowest BCUT2D eigenvalue weighted by molar-refractivity contribution is -0.134. The Morgan fingerprint density at radius 3 is 2.32 bits per heavy atom. The van der Waals surface area contributed by atoms with Gasteiger partial charge in [0, 0.05) is 38.9 Å². The molecular weight excluding hydrogens is 388 g/mol. The van der Waals surface area contributed by atoms with Crippen LogP contribution in [-0.4, -0.2) is 72.8 Å². The summed E-state index contributed by atoms with van der Waals surface area (Å²) >= 11 is 0. The van der Waals surface area contributed by atoms with Crippen LogP contribution in [0.15, 0.2) is 54.6 Å². The zero-order chi connectivity index (χ0) is 21.6. The van der Waals surface area contributed by atoms with Crippen LogP contribution >= 0.6 is 0 Å². The maximum Gasteiger partial charge on any atom is 0.238 e. The number of carbonyl (C=O) groups is 2. The second kappa shape index (κ2) is 10.1. The zero-order valence-electron chi connectivity index (χ0n) is 18.3. The molecule has 1 saturated heterocycles. The molecule has 0 saturated carbocycles. The standard InChI is InChI=1S/C25H32N4O2/c1-27(23-13-7-9-20-8-5-6-12-22(20)23)25(31)19-29-16-14-28(15-17-29)18-24(30)26-21-10-3-2-4-11-21/h2-6,8,10-12,23H,7,9,13-19H2,1H3,(H,26,30). The summed E-state index contributed by atoms with van der Waals surface area (Å²) < 4.78 is 0. The number of hydrogen-bond acceptors (Lipinski definition) is 4. The molecule has 2 aromatic rings. The number of rotatable bonds is 6. The average Bonchev–Trinajstić information content (AvgIpc) is 2.80. The second-order valence-electron chi connectivity index (χ2n) is 8.58. The first-order chi connectivity index (χ1) is 15.1. The van der Waals surface area contributed by atoms with E-state index in [1.54, 1.807) is 0 Å². The van der Waals surface area contributed by atoms with Gasteiger partial charge in [-0.25, -0.2) is 0 Å². The minimum Gasteiger partial charge on any atom is -0.338 e. The third-order valence-electron chi connectivity index (χ3n) is 6.45. The molecule has 0 bridgehead atoms. The molecule has 2 amide bonds. The van der Waals surface area contributed by atoms with Gasteiger partial charge in [-0.05, 0) is 42.5 Å². The Hall–Kier alpha value is -2.70. The van der Waals surface area contributed by atoms with Crippen molar-refractivity contribution in [3.63, 3.8) is 0 Å². The monoisotopic (exact) mass is 420 g/mol. The molecule has 2 aromatic carbocycles. The summed E-state index contributed by atoms with van der Waals surface area (Å²) in [5.74, 6) is 0.184. The molecule has 4 rings (SSSR count). The van der Waals surface area contributed by atoms with Gasteiger partial charge in [-0.3, -0.25) is 19.4 Å². The van der Waals surface area contributed by atoms with Gasteiger partial charge in [0.05, 0.1) is 19.1 Å². The Morgan fingerprint density at radius 2 is 1.58 bits per heavy atom. The van der Waals surface area contributed by atoms with E-state index in [1.807, 2.05) is 42.3 Å². The molecule has 6 heteroatoms. The fourth-order valence-corrected chi connectivity index (χ4v) is 4.64. The molecule has 2 aliphatic rings. The van der Waals surface area contributed by atoms with Gasteiger partial charge in [-0.1, -0.05) is 42.5 Å². The first-order valence-electron chi connectivity index (χ1n) is 11.2. The lowest BCUT2D eigenvalue weighted by Gasteiger charge is -2.37. The first kappa shape index (κ1) is 21.5. The van der Waals surface area contributed by atoms with Crippen LogP contribution in [0.3, 0.4) is 0 Å². The number of para-hydroxylation sites is 1. The molecule has 1 unspecified atom stereocenters. The Labute approximate surface area is 184 Å². The van der Waals surface area contributed by atoms with Crippen molar-refractivity contribution >= 4 is 17.5 Å². The van der Waals surface area contributed by atoms with E-state index in [0.29, 0.717) is 13.1 Å². The Bertz CT molecular complexity index is 893. The lowest BCUT2D eigenvalue weighted by atomic mass is 9.87. The molecule has 31 heavy (non-hydrogen) atoms. The number of hydrogen-bond donors (Lipinski definition) is 1. The van der Waals surface area contributed by atoms with Gasteiger partial charge in [0.15, 0.2) is 0 Å². The number of fused-ring (bicyclic) bond motifs is 1. The van der Waals surface area contributed by atoms with Gasteiger partial charge in [0.1, 0.15) is 0 Å². The minimum atomic E-state index is 0.00595.